The van der Waals surface area contributed by atoms with E-state index in [4.69, 9.17) is 19.3 Å². The molecule has 1 heterocycles. The molecule has 0 amide bonds. The minimum absolute atomic E-state index is 0.185. The van der Waals surface area contributed by atoms with Crippen molar-refractivity contribution in [2.24, 2.45) is 0 Å². The lowest BCUT2D eigenvalue weighted by atomic mass is 10.1. The molecule has 1 rings (SSSR count). The number of aliphatic hydroxyl groups is 2. The van der Waals surface area contributed by atoms with Gasteiger partial charge in [-0.1, -0.05) is 0 Å². The summed E-state index contributed by atoms with van der Waals surface area (Å²) >= 11 is 0. The maximum absolute atomic E-state index is 9.46. The molecule has 1 fully saturated rings. The molecule has 2 N–H and O–H groups in total. The maximum atomic E-state index is 9.46. The highest BCUT2D eigenvalue weighted by Gasteiger charge is 2.43. The van der Waals surface area contributed by atoms with Crippen LogP contribution in [0.3, 0.4) is 0 Å². The number of rotatable bonds is 3. The molecule has 12 heavy (non-hydrogen) atoms. The third-order valence-corrected chi connectivity index (χ3v) is 1.98. The van der Waals surface area contributed by atoms with Crippen LogP contribution in [0.5, 0.6) is 0 Å². The molecule has 0 spiro atoms. The predicted octanol–water partition coefficient (Wildman–Crippen LogP) is -1.27. The number of hydrogen-bond acceptors (Lipinski definition) is 5. The lowest BCUT2D eigenvalue weighted by molar-refractivity contribution is -0.153. The van der Waals surface area contributed by atoms with Crippen molar-refractivity contribution in [3.8, 4) is 0 Å². The van der Waals surface area contributed by atoms with E-state index in [2.05, 4.69) is 0 Å². The number of methoxy groups -OCH3 is 2. The summed E-state index contributed by atoms with van der Waals surface area (Å²) in [6.07, 6.45) is -2.56. The minimum atomic E-state index is -0.836. The lowest BCUT2D eigenvalue weighted by Crippen LogP contribution is -2.36. The highest BCUT2D eigenvalue weighted by Crippen LogP contribution is 2.23. The molecule has 0 radical (unpaired) electrons. The highest BCUT2D eigenvalue weighted by molar-refractivity contribution is 4.87. The zero-order chi connectivity index (χ0) is 9.14. The summed E-state index contributed by atoms with van der Waals surface area (Å²) in [4.78, 5) is 0. The van der Waals surface area contributed by atoms with Gasteiger partial charge in [0, 0.05) is 14.2 Å². The quantitative estimate of drug-likeness (QED) is 0.563. The van der Waals surface area contributed by atoms with Crippen LogP contribution in [0.2, 0.25) is 0 Å². The van der Waals surface area contributed by atoms with Crippen LogP contribution in [0.15, 0.2) is 0 Å². The Morgan fingerprint density at radius 2 is 2.00 bits per heavy atom. The smallest absolute Gasteiger partial charge is 0.186 e. The summed E-state index contributed by atoms with van der Waals surface area (Å²) in [5, 5.41) is 18.3. The molecule has 1 saturated heterocycles. The van der Waals surface area contributed by atoms with Gasteiger partial charge in [0.15, 0.2) is 6.29 Å². The van der Waals surface area contributed by atoms with Crippen molar-refractivity contribution >= 4 is 0 Å². The predicted molar refractivity (Wildman–Crippen MR) is 39.6 cm³/mol. The maximum Gasteiger partial charge on any atom is 0.186 e. The largest absolute Gasteiger partial charge is 0.394 e. The molecule has 4 atom stereocenters. The molecule has 3 unspecified atom stereocenters. The summed E-state index contributed by atoms with van der Waals surface area (Å²) in [5.74, 6) is 0. The van der Waals surface area contributed by atoms with E-state index in [1.54, 1.807) is 0 Å². The van der Waals surface area contributed by atoms with E-state index in [0.717, 1.165) is 0 Å². The third-order valence-electron chi connectivity index (χ3n) is 1.98. The first-order valence-electron chi connectivity index (χ1n) is 3.74. The SMILES string of the molecule is COC1OC(CO)[C@@H](OC)C1O. The Morgan fingerprint density at radius 1 is 1.33 bits per heavy atom. The van der Waals surface area contributed by atoms with Gasteiger partial charge in [0.05, 0.1) is 6.61 Å². The molecule has 0 aliphatic carbocycles. The molecule has 1 aliphatic rings. The molecule has 0 aromatic heterocycles. The second kappa shape index (κ2) is 4.15. The normalized spacial score (nSPS) is 42.0. The molecule has 1 aliphatic heterocycles. The van der Waals surface area contributed by atoms with Crippen LogP contribution in [-0.2, 0) is 14.2 Å². The van der Waals surface area contributed by atoms with Crippen LogP contribution in [0.1, 0.15) is 0 Å². The second-order valence-corrected chi connectivity index (χ2v) is 2.65. The molecule has 5 nitrogen and oxygen atoms in total. The van der Waals surface area contributed by atoms with Crippen LogP contribution in [-0.4, -0.2) is 55.6 Å². The standard InChI is InChI=1S/C7H14O5/c1-10-6-4(3-8)12-7(11-2)5(6)9/h4-9H,3H2,1-2H3/t4?,5?,6-,7?/m1/s1. The summed E-state index contributed by atoms with van der Waals surface area (Å²) in [6, 6.07) is 0. The lowest BCUT2D eigenvalue weighted by Gasteiger charge is -2.15. The van der Waals surface area contributed by atoms with Gasteiger partial charge in [-0.2, -0.15) is 0 Å². The van der Waals surface area contributed by atoms with Crippen molar-refractivity contribution in [2.45, 2.75) is 24.6 Å². The third kappa shape index (κ3) is 1.60. The van der Waals surface area contributed by atoms with Crippen LogP contribution in [0.25, 0.3) is 0 Å². The monoisotopic (exact) mass is 178 g/mol. The van der Waals surface area contributed by atoms with Crippen molar-refractivity contribution in [1.29, 1.82) is 0 Å². The van der Waals surface area contributed by atoms with E-state index < -0.39 is 24.6 Å². The van der Waals surface area contributed by atoms with Gasteiger partial charge < -0.3 is 24.4 Å². The highest BCUT2D eigenvalue weighted by atomic mass is 16.7. The fourth-order valence-corrected chi connectivity index (χ4v) is 1.34. The van der Waals surface area contributed by atoms with Crippen LogP contribution in [0.4, 0.5) is 0 Å². The number of hydrogen-bond donors (Lipinski definition) is 2. The van der Waals surface area contributed by atoms with Crippen molar-refractivity contribution in [3.63, 3.8) is 0 Å². The molecule has 0 bridgehead atoms. The van der Waals surface area contributed by atoms with Gasteiger partial charge in [0.2, 0.25) is 0 Å². The summed E-state index contributed by atoms with van der Waals surface area (Å²) in [7, 11) is 2.89. The van der Waals surface area contributed by atoms with E-state index in [-0.39, 0.29) is 6.61 Å². The van der Waals surface area contributed by atoms with E-state index in [9.17, 15) is 5.11 Å². The first-order valence-corrected chi connectivity index (χ1v) is 3.74. The van der Waals surface area contributed by atoms with Gasteiger partial charge in [-0.05, 0) is 0 Å². The van der Waals surface area contributed by atoms with Crippen molar-refractivity contribution in [2.75, 3.05) is 20.8 Å². The van der Waals surface area contributed by atoms with E-state index in [1.165, 1.54) is 14.2 Å². The Bertz CT molecular complexity index is 138. The summed E-state index contributed by atoms with van der Waals surface area (Å²) in [5.41, 5.74) is 0. The Morgan fingerprint density at radius 3 is 2.33 bits per heavy atom. The van der Waals surface area contributed by atoms with E-state index >= 15 is 0 Å². The van der Waals surface area contributed by atoms with Gasteiger partial charge in [-0.15, -0.1) is 0 Å². The van der Waals surface area contributed by atoms with Crippen LogP contribution in [0, 0.1) is 0 Å². The van der Waals surface area contributed by atoms with E-state index in [1.807, 2.05) is 0 Å². The zero-order valence-electron chi connectivity index (χ0n) is 7.14. The van der Waals surface area contributed by atoms with Gasteiger partial charge in [0.1, 0.15) is 18.3 Å². The average molecular weight is 178 g/mol. The Kier molecular flexibility index (Phi) is 3.42. The summed E-state index contributed by atoms with van der Waals surface area (Å²) in [6.45, 7) is -0.185. The number of aliphatic hydroxyl groups excluding tert-OH is 2. The molecular formula is C7H14O5. The molecule has 0 saturated carbocycles. The fourth-order valence-electron chi connectivity index (χ4n) is 1.34. The fraction of sp³-hybridized carbons (Fsp3) is 1.00. The van der Waals surface area contributed by atoms with Crippen molar-refractivity contribution in [1.82, 2.24) is 0 Å². The van der Waals surface area contributed by atoms with E-state index in [0.29, 0.717) is 0 Å². The Hall–Kier alpha value is -0.200. The molecule has 72 valence electrons. The van der Waals surface area contributed by atoms with Crippen LogP contribution >= 0.6 is 0 Å². The van der Waals surface area contributed by atoms with Gasteiger partial charge >= 0.3 is 0 Å². The molecule has 0 aromatic rings. The van der Waals surface area contributed by atoms with Crippen LogP contribution < -0.4 is 0 Å². The Labute approximate surface area is 70.9 Å². The number of ether oxygens (including phenoxy) is 3. The van der Waals surface area contributed by atoms with Crippen molar-refractivity contribution in [3.05, 3.63) is 0 Å². The minimum Gasteiger partial charge on any atom is -0.394 e. The summed E-state index contributed by atoms with van der Waals surface area (Å²) < 4.78 is 14.9. The van der Waals surface area contributed by atoms with Gasteiger partial charge in [-0.3, -0.25) is 0 Å². The topological polar surface area (TPSA) is 68.2 Å². The van der Waals surface area contributed by atoms with Gasteiger partial charge in [0.25, 0.3) is 0 Å². The Balaban J connectivity index is 2.58. The van der Waals surface area contributed by atoms with Crippen molar-refractivity contribution < 1.29 is 24.4 Å². The molecule has 5 heteroatoms. The average Bonchev–Trinajstić information content (AvgIpc) is 2.41. The first-order chi connectivity index (χ1) is 5.74. The molecule has 0 aromatic carbocycles. The zero-order valence-corrected chi connectivity index (χ0v) is 7.14. The van der Waals surface area contributed by atoms with Gasteiger partial charge in [-0.25, -0.2) is 0 Å². The second-order valence-electron chi connectivity index (χ2n) is 2.65. The first kappa shape index (κ1) is 9.88. The molecular weight excluding hydrogens is 164 g/mol.